The fraction of sp³-hybridized carbons (Fsp3) is 0.467. The lowest BCUT2D eigenvalue weighted by molar-refractivity contribution is 0.366. The highest BCUT2D eigenvalue weighted by molar-refractivity contribution is 7.03. The number of ether oxygens (including phenoxy) is 1. The number of hydrogen-bond donors (Lipinski definition) is 0. The van der Waals surface area contributed by atoms with Gasteiger partial charge >= 0.3 is 0 Å². The zero-order valence-electron chi connectivity index (χ0n) is 13.9. The summed E-state index contributed by atoms with van der Waals surface area (Å²) < 4.78 is 11.4. The lowest BCUT2D eigenvalue weighted by atomic mass is 10.1. The first kappa shape index (κ1) is 15.7. The molecule has 3 aromatic heterocycles. The van der Waals surface area contributed by atoms with Crippen molar-refractivity contribution in [2.75, 3.05) is 19.1 Å². The maximum atomic E-state index is 5.28. The number of rotatable bonds is 4. The van der Waals surface area contributed by atoms with Crippen molar-refractivity contribution < 1.29 is 4.74 Å². The molecule has 23 heavy (non-hydrogen) atoms. The molecular formula is C15H20N6OS. The van der Waals surface area contributed by atoms with Gasteiger partial charge in [-0.25, -0.2) is 14.6 Å². The van der Waals surface area contributed by atoms with Crippen LogP contribution in [-0.2, 0) is 12.1 Å². The predicted molar refractivity (Wildman–Crippen MR) is 91.1 cm³/mol. The summed E-state index contributed by atoms with van der Waals surface area (Å²) in [6.45, 7) is 6.97. The van der Waals surface area contributed by atoms with E-state index in [0.717, 1.165) is 22.4 Å². The van der Waals surface area contributed by atoms with Gasteiger partial charge in [0.25, 0.3) is 0 Å². The summed E-state index contributed by atoms with van der Waals surface area (Å²) in [5, 5.41) is 7.42. The maximum Gasteiger partial charge on any atom is 0.229 e. The summed E-state index contributed by atoms with van der Waals surface area (Å²) in [5.41, 5.74) is 1.74. The van der Waals surface area contributed by atoms with Crippen LogP contribution >= 0.6 is 11.5 Å². The second-order valence-electron chi connectivity index (χ2n) is 6.37. The van der Waals surface area contributed by atoms with Gasteiger partial charge in [0.05, 0.1) is 30.8 Å². The van der Waals surface area contributed by atoms with Gasteiger partial charge in [-0.1, -0.05) is 0 Å². The summed E-state index contributed by atoms with van der Waals surface area (Å²) >= 11 is 1.39. The fourth-order valence-corrected chi connectivity index (χ4v) is 3.12. The fourth-order valence-electron chi connectivity index (χ4n) is 2.48. The van der Waals surface area contributed by atoms with Gasteiger partial charge in [-0.05, 0) is 32.3 Å². The van der Waals surface area contributed by atoms with E-state index in [2.05, 4.69) is 45.1 Å². The van der Waals surface area contributed by atoms with Crippen LogP contribution in [0.2, 0.25) is 0 Å². The summed E-state index contributed by atoms with van der Waals surface area (Å²) in [5.74, 6) is 1.51. The van der Waals surface area contributed by atoms with Crippen molar-refractivity contribution in [2.24, 2.45) is 0 Å². The number of methoxy groups -OCH3 is 1. The van der Waals surface area contributed by atoms with Crippen LogP contribution in [0.15, 0.2) is 17.9 Å². The van der Waals surface area contributed by atoms with E-state index in [1.54, 1.807) is 13.4 Å². The molecule has 8 heteroatoms. The van der Waals surface area contributed by atoms with E-state index in [0.29, 0.717) is 12.4 Å². The summed E-state index contributed by atoms with van der Waals surface area (Å²) in [4.78, 5) is 10.9. The standard InChI is InChI=1S/C15H20N6OS/c1-15(2,3)21-13-11(6-18-21)12(16-9-17-13)20(4)7-10-8-23-19-14(10)22-5/h6,8-9H,7H2,1-5H3. The monoisotopic (exact) mass is 332 g/mol. The minimum Gasteiger partial charge on any atom is -0.480 e. The second kappa shape index (κ2) is 5.77. The third-order valence-corrected chi connectivity index (χ3v) is 4.21. The third-order valence-electron chi connectivity index (χ3n) is 3.55. The molecule has 0 aromatic carbocycles. The van der Waals surface area contributed by atoms with E-state index in [-0.39, 0.29) is 5.54 Å². The molecule has 0 saturated carbocycles. The average Bonchev–Trinajstić information content (AvgIpc) is 3.11. The first-order chi connectivity index (χ1) is 10.9. The summed E-state index contributed by atoms with van der Waals surface area (Å²) in [6, 6.07) is 0. The highest BCUT2D eigenvalue weighted by Gasteiger charge is 2.21. The van der Waals surface area contributed by atoms with Crippen molar-refractivity contribution in [1.82, 2.24) is 24.1 Å². The third kappa shape index (κ3) is 2.86. The Labute approximate surface area is 139 Å². The van der Waals surface area contributed by atoms with Crippen molar-refractivity contribution in [3.63, 3.8) is 0 Å². The zero-order chi connectivity index (χ0) is 16.6. The van der Waals surface area contributed by atoms with E-state index in [1.807, 2.05) is 23.3 Å². The molecule has 0 aliphatic heterocycles. The van der Waals surface area contributed by atoms with Gasteiger partial charge < -0.3 is 9.64 Å². The average molecular weight is 332 g/mol. The van der Waals surface area contributed by atoms with Crippen molar-refractivity contribution in [2.45, 2.75) is 32.9 Å². The minimum absolute atomic E-state index is 0.132. The molecule has 122 valence electrons. The number of anilines is 1. The highest BCUT2D eigenvalue weighted by Crippen LogP contribution is 2.28. The van der Waals surface area contributed by atoms with Gasteiger partial charge in [0.2, 0.25) is 5.88 Å². The lowest BCUT2D eigenvalue weighted by Gasteiger charge is -2.21. The van der Waals surface area contributed by atoms with Crippen LogP contribution < -0.4 is 9.64 Å². The molecule has 3 aromatic rings. The molecule has 0 radical (unpaired) electrons. The van der Waals surface area contributed by atoms with Gasteiger partial charge in [-0.2, -0.15) is 9.47 Å². The lowest BCUT2D eigenvalue weighted by Crippen LogP contribution is -2.23. The van der Waals surface area contributed by atoms with Crippen molar-refractivity contribution in [1.29, 1.82) is 0 Å². The van der Waals surface area contributed by atoms with Crippen molar-refractivity contribution >= 4 is 28.4 Å². The number of nitrogens with zero attached hydrogens (tertiary/aromatic N) is 6. The molecule has 7 nitrogen and oxygen atoms in total. The quantitative estimate of drug-likeness (QED) is 0.732. The van der Waals surface area contributed by atoms with E-state index in [1.165, 1.54) is 11.5 Å². The Balaban J connectivity index is 1.98. The molecule has 0 spiro atoms. The minimum atomic E-state index is -0.132. The number of fused-ring (bicyclic) bond motifs is 1. The smallest absolute Gasteiger partial charge is 0.229 e. The molecule has 0 atom stereocenters. The SMILES string of the molecule is COc1nscc1CN(C)c1ncnc2c1cnn2C(C)(C)C. The number of aromatic nitrogens is 5. The van der Waals surface area contributed by atoms with Crippen LogP contribution in [0.4, 0.5) is 5.82 Å². The van der Waals surface area contributed by atoms with Crippen LogP contribution in [0.5, 0.6) is 5.88 Å². The Morgan fingerprint density at radius 2 is 2.09 bits per heavy atom. The van der Waals surface area contributed by atoms with Gasteiger partial charge in [0.15, 0.2) is 5.65 Å². The molecule has 0 amide bonds. The van der Waals surface area contributed by atoms with E-state index in [4.69, 9.17) is 4.74 Å². The molecule has 0 saturated heterocycles. The maximum absolute atomic E-state index is 5.28. The first-order valence-corrected chi connectivity index (χ1v) is 8.13. The highest BCUT2D eigenvalue weighted by atomic mass is 32.1. The van der Waals surface area contributed by atoms with E-state index < -0.39 is 0 Å². The Morgan fingerprint density at radius 1 is 1.30 bits per heavy atom. The summed E-state index contributed by atoms with van der Waals surface area (Å²) in [7, 11) is 3.63. The molecule has 0 unspecified atom stereocenters. The molecule has 3 heterocycles. The topological polar surface area (TPSA) is 69.0 Å². The van der Waals surface area contributed by atoms with Gasteiger partial charge in [0, 0.05) is 18.0 Å². The normalized spacial score (nSPS) is 11.9. The Hall–Kier alpha value is -2.22. The van der Waals surface area contributed by atoms with Gasteiger partial charge in [-0.3, -0.25) is 0 Å². The van der Waals surface area contributed by atoms with Crippen LogP contribution in [0.3, 0.4) is 0 Å². The van der Waals surface area contributed by atoms with Crippen LogP contribution in [0, 0.1) is 0 Å². The van der Waals surface area contributed by atoms with E-state index >= 15 is 0 Å². The first-order valence-electron chi connectivity index (χ1n) is 7.29. The molecule has 0 aliphatic rings. The van der Waals surface area contributed by atoms with Crippen molar-refractivity contribution in [3.8, 4) is 5.88 Å². The Morgan fingerprint density at radius 3 is 2.78 bits per heavy atom. The van der Waals surface area contributed by atoms with E-state index in [9.17, 15) is 0 Å². The molecule has 0 bridgehead atoms. The molecular weight excluding hydrogens is 312 g/mol. The van der Waals surface area contributed by atoms with Gasteiger partial charge in [-0.15, -0.1) is 0 Å². The van der Waals surface area contributed by atoms with Crippen LogP contribution in [0.1, 0.15) is 26.3 Å². The number of hydrogen-bond acceptors (Lipinski definition) is 7. The summed E-state index contributed by atoms with van der Waals surface area (Å²) in [6.07, 6.45) is 3.41. The van der Waals surface area contributed by atoms with Gasteiger partial charge in [0.1, 0.15) is 12.1 Å². The Kier molecular flexibility index (Phi) is 3.93. The predicted octanol–water partition coefficient (Wildman–Crippen LogP) is 2.68. The Bertz CT molecular complexity index is 819. The van der Waals surface area contributed by atoms with Crippen LogP contribution in [-0.4, -0.2) is 38.3 Å². The molecule has 0 aliphatic carbocycles. The van der Waals surface area contributed by atoms with Crippen molar-refractivity contribution in [3.05, 3.63) is 23.5 Å². The molecule has 3 rings (SSSR count). The second-order valence-corrected chi connectivity index (χ2v) is 7.00. The molecule has 0 fully saturated rings. The largest absolute Gasteiger partial charge is 0.480 e. The zero-order valence-corrected chi connectivity index (χ0v) is 14.8. The molecule has 0 N–H and O–H groups in total. The van der Waals surface area contributed by atoms with Crippen LogP contribution in [0.25, 0.3) is 11.0 Å².